The molecule has 0 aliphatic carbocycles. The number of benzene rings is 3. The molecule has 3 amide bonds. The SMILES string of the molecule is Cc1c(O)cccc1C(=O)NC(Cc1ccccc1)C(O)C(=O)N1CSC(C)(C)C1C(=O)NCc1cc2ccccc2o1. The molecule has 1 fully saturated rings. The second-order valence-electron chi connectivity index (χ2n) is 11.2. The van der Waals surface area contributed by atoms with Crippen molar-refractivity contribution in [3.05, 3.63) is 101 Å². The maximum absolute atomic E-state index is 13.9. The van der Waals surface area contributed by atoms with Crippen LogP contribution in [-0.2, 0) is 22.6 Å². The lowest BCUT2D eigenvalue weighted by atomic mass is 9.96. The Balaban J connectivity index is 1.35. The average molecular weight is 602 g/mol. The number of nitrogens with one attached hydrogen (secondary N) is 2. The predicted molar refractivity (Wildman–Crippen MR) is 165 cm³/mol. The first-order chi connectivity index (χ1) is 20.5. The number of furan rings is 1. The summed E-state index contributed by atoms with van der Waals surface area (Å²) in [6.45, 7) is 5.54. The molecule has 3 aromatic carbocycles. The van der Waals surface area contributed by atoms with Gasteiger partial charge in [0.1, 0.15) is 23.1 Å². The highest BCUT2D eigenvalue weighted by atomic mass is 32.2. The van der Waals surface area contributed by atoms with Crippen LogP contribution in [0.25, 0.3) is 11.0 Å². The van der Waals surface area contributed by atoms with Crippen molar-refractivity contribution < 1.29 is 29.0 Å². The highest BCUT2D eigenvalue weighted by molar-refractivity contribution is 8.00. The summed E-state index contributed by atoms with van der Waals surface area (Å²) in [7, 11) is 0. The molecular formula is C33H35N3O6S. The minimum atomic E-state index is -1.64. The Morgan fingerprint density at radius 2 is 1.77 bits per heavy atom. The van der Waals surface area contributed by atoms with E-state index < -0.39 is 34.7 Å². The van der Waals surface area contributed by atoms with E-state index in [1.807, 2.05) is 74.5 Å². The summed E-state index contributed by atoms with van der Waals surface area (Å²) in [5, 5.41) is 28.2. The van der Waals surface area contributed by atoms with Crippen LogP contribution in [0, 0.1) is 6.92 Å². The summed E-state index contributed by atoms with van der Waals surface area (Å²) in [5.74, 6) is -0.799. The fourth-order valence-corrected chi connectivity index (χ4v) is 6.52. The number of phenolic OH excluding ortho intramolecular Hbond substituents is 1. The topological polar surface area (TPSA) is 132 Å². The van der Waals surface area contributed by atoms with Gasteiger partial charge < -0.3 is 30.2 Å². The van der Waals surface area contributed by atoms with Crippen molar-refractivity contribution in [2.75, 3.05) is 5.88 Å². The summed E-state index contributed by atoms with van der Waals surface area (Å²) in [5.41, 5.74) is 2.15. The van der Waals surface area contributed by atoms with Crippen LogP contribution in [0.3, 0.4) is 0 Å². The van der Waals surface area contributed by atoms with Crippen LogP contribution >= 0.6 is 11.8 Å². The number of nitrogens with zero attached hydrogens (tertiary/aromatic N) is 1. The highest BCUT2D eigenvalue weighted by Gasteiger charge is 2.49. The van der Waals surface area contributed by atoms with E-state index in [4.69, 9.17) is 4.42 Å². The Labute approximate surface area is 254 Å². The van der Waals surface area contributed by atoms with Gasteiger partial charge >= 0.3 is 0 Å². The second kappa shape index (κ2) is 12.5. The van der Waals surface area contributed by atoms with E-state index in [1.165, 1.54) is 22.7 Å². The molecule has 1 saturated heterocycles. The zero-order chi connectivity index (χ0) is 30.7. The molecule has 0 radical (unpaired) electrons. The third-order valence-corrected chi connectivity index (χ3v) is 9.16. The number of para-hydroxylation sites is 1. The summed E-state index contributed by atoms with van der Waals surface area (Å²) in [6, 6.07) is 21.4. The van der Waals surface area contributed by atoms with Gasteiger partial charge in [0.15, 0.2) is 6.10 Å². The van der Waals surface area contributed by atoms with Gasteiger partial charge in [0, 0.05) is 21.3 Å². The number of hydrogen-bond acceptors (Lipinski definition) is 7. The Hall–Kier alpha value is -4.28. The van der Waals surface area contributed by atoms with Crippen molar-refractivity contribution in [1.82, 2.24) is 15.5 Å². The number of phenols is 1. The van der Waals surface area contributed by atoms with Crippen molar-refractivity contribution in [3.8, 4) is 5.75 Å². The lowest BCUT2D eigenvalue weighted by molar-refractivity contribution is -0.147. The zero-order valence-corrected chi connectivity index (χ0v) is 25.1. The fourth-order valence-electron chi connectivity index (χ4n) is 5.37. The maximum atomic E-state index is 13.9. The van der Waals surface area contributed by atoms with Crippen molar-refractivity contribution in [1.29, 1.82) is 0 Å². The number of aliphatic hydroxyl groups excluding tert-OH is 1. The maximum Gasteiger partial charge on any atom is 0.254 e. The van der Waals surface area contributed by atoms with E-state index in [2.05, 4.69) is 10.6 Å². The van der Waals surface area contributed by atoms with E-state index in [0.717, 1.165) is 16.5 Å². The molecule has 1 aliphatic rings. The molecule has 43 heavy (non-hydrogen) atoms. The second-order valence-corrected chi connectivity index (χ2v) is 12.8. The Bertz CT molecular complexity index is 1600. The number of aromatic hydroxyl groups is 1. The number of carbonyl (C=O) groups excluding carboxylic acids is 3. The van der Waals surface area contributed by atoms with E-state index in [9.17, 15) is 24.6 Å². The number of amides is 3. The molecule has 224 valence electrons. The van der Waals surface area contributed by atoms with E-state index in [1.54, 1.807) is 19.1 Å². The minimum Gasteiger partial charge on any atom is -0.508 e. The molecule has 5 rings (SSSR count). The average Bonchev–Trinajstić information content (AvgIpc) is 3.56. The molecule has 4 N–H and O–H groups in total. The number of rotatable bonds is 9. The van der Waals surface area contributed by atoms with Gasteiger partial charge in [-0.05, 0) is 57.0 Å². The van der Waals surface area contributed by atoms with Gasteiger partial charge in [-0.1, -0.05) is 54.6 Å². The van der Waals surface area contributed by atoms with Crippen LogP contribution in [0.2, 0.25) is 0 Å². The van der Waals surface area contributed by atoms with E-state index in [-0.39, 0.29) is 36.1 Å². The van der Waals surface area contributed by atoms with E-state index >= 15 is 0 Å². The minimum absolute atomic E-state index is 0.0308. The zero-order valence-electron chi connectivity index (χ0n) is 24.2. The largest absolute Gasteiger partial charge is 0.508 e. The molecule has 0 bridgehead atoms. The van der Waals surface area contributed by atoms with Crippen molar-refractivity contribution in [2.24, 2.45) is 0 Å². The number of aliphatic hydroxyl groups is 1. The molecule has 10 heteroatoms. The number of thioether (sulfide) groups is 1. The third kappa shape index (κ3) is 6.55. The van der Waals surface area contributed by atoms with Gasteiger partial charge in [0.25, 0.3) is 11.8 Å². The first-order valence-electron chi connectivity index (χ1n) is 14.1. The van der Waals surface area contributed by atoms with E-state index in [0.29, 0.717) is 11.3 Å². The molecule has 9 nitrogen and oxygen atoms in total. The Morgan fingerprint density at radius 3 is 2.51 bits per heavy atom. The van der Waals surface area contributed by atoms with Gasteiger partial charge in [0.2, 0.25) is 5.91 Å². The lowest BCUT2D eigenvalue weighted by Gasteiger charge is -2.33. The van der Waals surface area contributed by atoms with Crippen molar-refractivity contribution in [3.63, 3.8) is 0 Å². The molecule has 0 spiro atoms. The summed E-state index contributed by atoms with van der Waals surface area (Å²) in [6.07, 6.45) is -1.47. The summed E-state index contributed by atoms with van der Waals surface area (Å²) >= 11 is 1.44. The van der Waals surface area contributed by atoms with Gasteiger partial charge in [0.05, 0.1) is 18.5 Å². The van der Waals surface area contributed by atoms with Crippen LogP contribution in [-0.4, -0.2) is 61.6 Å². The molecular weight excluding hydrogens is 566 g/mol. The molecule has 4 aromatic rings. The monoisotopic (exact) mass is 601 g/mol. The summed E-state index contributed by atoms with van der Waals surface area (Å²) < 4.78 is 5.19. The van der Waals surface area contributed by atoms with Gasteiger partial charge in [-0.3, -0.25) is 14.4 Å². The normalized spacial score (nSPS) is 17.4. The van der Waals surface area contributed by atoms with Crippen LogP contribution < -0.4 is 10.6 Å². The third-order valence-electron chi connectivity index (χ3n) is 7.79. The smallest absolute Gasteiger partial charge is 0.254 e. The van der Waals surface area contributed by atoms with Gasteiger partial charge in [-0.25, -0.2) is 0 Å². The van der Waals surface area contributed by atoms with Crippen LogP contribution in [0.1, 0.15) is 41.1 Å². The first kappa shape index (κ1) is 30.2. The first-order valence-corrected chi connectivity index (χ1v) is 15.0. The van der Waals surface area contributed by atoms with Crippen molar-refractivity contribution >= 4 is 40.5 Å². The molecule has 1 aromatic heterocycles. The van der Waals surface area contributed by atoms with Crippen LogP contribution in [0.15, 0.2) is 83.3 Å². The molecule has 3 unspecified atom stereocenters. The number of hydrogen-bond donors (Lipinski definition) is 4. The lowest BCUT2D eigenvalue weighted by Crippen LogP contribution is -2.58. The standard InChI is InChI=1S/C33H35N3O6S/c1-20-24(13-9-14-26(20)37)30(39)35-25(16-21-10-5-4-6-11-21)28(38)32(41)36-19-43-33(2,3)29(36)31(40)34-18-23-17-22-12-7-8-15-27(22)42-23/h4-15,17,25,28-29,37-38H,16,18-19H2,1-3H3,(H,34,40)(H,35,39). The van der Waals surface area contributed by atoms with Crippen molar-refractivity contribution in [2.45, 2.75) is 56.7 Å². The van der Waals surface area contributed by atoms with Crippen LogP contribution in [0.5, 0.6) is 5.75 Å². The summed E-state index contributed by atoms with van der Waals surface area (Å²) in [4.78, 5) is 42.1. The quantitative estimate of drug-likeness (QED) is 0.227. The number of fused-ring (bicyclic) bond motifs is 1. The van der Waals surface area contributed by atoms with Crippen LogP contribution in [0.4, 0.5) is 0 Å². The Kier molecular flexibility index (Phi) is 8.79. The fraction of sp³-hybridized carbons (Fsp3) is 0.303. The van der Waals surface area contributed by atoms with Gasteiger partial charge in [-0.15, -0.1) is 11.8 Å². The molecule has 2 heterocycles. The highest BCUT2D eigenvalue weighted by Crippen LogP contribution is 2.40. The Morgan fingerprint density at radius 1 is 1.05 bits per heavy atom. The van der Waals surface area contributed by atoms with Gasteiger partial charge in [-0.2, -0.15) is 0 Å². The predicted octanol–water partition coefficient (Wildman–Crippen LogP) is 4.15. The molecule has 3 atom stereocenters. The molecule has 1 aliphatic heterocycles. The number of carbonyl (C=O) groups is 3. The molecule has 0 saturated carbocycles.